The van der Waals surface area contributed by atoms with Crippen LogP contribution in [-0.4, -0.2) is 38.6 Å². The van der Waals surface area contributed by atoms with Gasteiger partial charge in [0.05, 0.1) is 26.4 Å². The lowest BCUT2D eigenvalue weighted by molar-refractivity contribution is 0.102. The maximum atomic E-state index is 10.6. The molecule has 18 heavy (non-hydrogen) atoms. The monoisotopic (exact) mass is 290 g/mol. The van der Waals surface area contributed by atoms with Gasteiger partial charge in [0.15, 0.2) is 7.15 Å². The van der Waals surface area contributed by atoms with Gasteiger partial charge in [0.1, 0.15) is 12.2 Å². The van der Waals surface area contributed by atoms with Gasteiger partial charge >= 0.3 is 0 Å². The Bertz CT molecular complexity index is 367. The minimum atomic E-state index is -1.99. The summed E-state index contributed by atoms with van der Waals surface area (Å²) in [4.78, 5) is 0. The van der Waals surface area contributed by atoms with Crippen molar-refractivity contribution in [3.8, 4) is 0 Å². The maximum absolute atomic E-state index is 10.6. The molecule has 0 N–H and O–H groups in total. The largest absolute Gasteiger partial charge is 0.376 e. The summed E-state index contributed by atoms with van der Waals surface area (Å²) in [6.07, 6.45) is 0.785. The van der Waals surface area contributed by atoms with Gasteiger partial charge in [-0.15, -0.1) is 0 Å². The lowest BCUT2D eigenvalue weighted by Crippen LogP contribution is -2.06. The van der Waals surface area contributed by atoms with Crippen molar-refractivity contribution in [2.75, 3.05) is 26.4 Å². The summed E-state index contributed by atoms with van der Waals surface area (Å²) < 4.78 is 25.7. The van der Waals surface area contributed by atoms with Gasteiger partial charge in [-0.2, -0.15) is 0 Å². The molecule has 2 heterocycles. The highest BCUT2D eigenvalue weighted by Crippen LogP contribution is 2.24. The Morgan fingerprint density at radius 1 is 1.17 bits per heavy atom. The van der Waals surface area contributed by atoms with Crippen molar-refractivity contribution in [2.45, 2.75) is 12.2 Å². The molecule has 6 heteroatoms. The number of hydrogen-bond donors (Lipinski definition) is 0. The number of benzene rings is 1. The van der Waals surface area contributed by atoms with Crippen LogP contribution in [0.5, 0.6) is 0 Å². The van der Waals surface area contributed by atoms with Crippen LogP contribution in [0.25, 0.3) is 0 Å². The molecule has 0 amide bonds. The normalized spacial score (nSPS) is 25.8. The van der Waals surface area contributed by atoms with E-state index in [4.69, 9.17) is 25.5 Å². The zero-order valence-corrected chi connectivity index (χ0v) is 11.6. The van der Waals surface area contributed by atoms with Crippen LogP contribution < -0.4 is 5.30 Å². The maximum Gasteiger partial charge on any atom is 0.186 e. The van der Waals surface area contributed by atoms with Crippen LogP contribution >= 0.6 is 18.4 Å². The van der Waals surface area contributed by atoms with Gasteiger partial charge in [0.25, 0.3) is 0 Å². The van der Waals surface area contributed by atoms with Crippen LogP contribution in [0.3, 0.4) is 0 Å². The highest BCUT2D eigenvalue weighted by molar-refractivity contribution is 7.80. The first-order valence-electron chi connectivity index (χ1n) is 5.81. The number of epoxide rings is 2. The van der Waals surface area contributed by atoms with Crippen LogP contribution in [-0.2, 0) is 18.8 Å². The number of rotatable bonds is 5. The fourth-order valence-corrected chi connectivity index (χ4v) is 2.06. The molecule has 0 aliphatic carbocycles. The molecule has 0 spiro atoms. The zero-order chi connectivity index (χ0) is 12.8. The first kappa shape index (κ1) is 14.0. The molecule has 2 fully saturated rings. The average molecular weight is 291 g/mol. The summed E-state index contributed by atoms with van der Waals surface area (Å²) in [5, 5.41) is 0.726. The third kappa shape index (κ3) is 5.98. The molecule has 3 rings (SSSR count). The number of hydrogen-bond acceptors (Lipinski definition) is 4. The van der Waals surface area contributed by atoms with E-state index < -0.39 is 7.15 Å². The summed E-state index contributed by atoms with van der Waals surface area (Å²) in [6.45, 7) is 3.26. The SMILES string of the molecule is C(OCC1CO1)C1CO1.O=[PH](Cl)c1ccccc1. The topological polar surface area (TPSA) is 51.4 Å². The highest BCUT2D eigenvalue weighted by atomic mass is 35.7. The lowest BCUT2D eigenvalue weighted by Gasteiger charge is -1.95. The minimum absolute atomic E-state index is 0.392. The van der Waals surface area contributed by atoms with Crippen molar-refractivity contribution in [3.63, 3.8) is 0 Å². The zero-order valence-electron chi connectivity index (χ0n) is 9.88. The van der Waals surface area contributed by atoms with E-state index in [9.17, 15) is 4.57 Å². The first-order chi connectivity index (χ1) is 8.75. The molecule has 3 unspecified atom stereocenters. The highest BCUT2D eigenvalue weighted by Gasteiger charge is 2.26. The second-order valence-electron chi connectivity index (χ2n) is 4.09. The second kappa shape index (κ2) is 7.27. The van der Waals surface area contributed by atoms with E-state index in [0.717, 1.165) is 31.7 Å². The van der Waals surface area contributed by atoms with Crippen LogP contribution in [0, 0.1) is 0 Å². The second-order valence-corrected chi connectivity index (χ2v) is 6.24. The number of ether oxygens (including phenoxy) is 3. The molecular formula is C12H16ClO4P. The van der Waals surface area contributed by atoms with E-state index in [1.807, 2.05) is 18.2 Å². The smallest absolute Gasteiger partial charge is 0.186 e. The van der Waals surface area contributed by atoms with Gasteiger partial charge in [-0.3, -0.25) is 0 Å². The van der Waals surface area contributed by atoms with E-state index in [1.54, 1.807) is 12.1 Å². The summed E-state index contributed by atoms with van der Waals surface area (Å²) in [5.74, 6) is 0. The molecule has 2 saturated heterocycles. The van der Waals surface area contributed by atoms with Crippen molar-refractivity contribution in [1.82, 2.24) is 0 Å². The summed E-state index contributed by atoms with van der Waals surface area (Å²) in [7, 11) is -1.99. The van der Waals surface area contributed by atoms with E-state index in [0.29, 0.717) is 12.2 Å². The van der Waals surface area contributed by atoms with Gasteiger partial charge in [-0.1, -0.05) is 41.6 Å². The van der Waals surface area contributed by atoms with Crippen LogP contribution in [0.1, 0.15) is 0 Å². The Morgan fingerprint density at radius 3 is 2.00 bits per heavy atom. The minimum Gasteiger partial charge on any atom is -0.376 e. The van der Waals surface area contributed by atoms with Gasteiger partial charge in [0.2, 0.25) is 0 Å². The first-order valence-corrected chi connectivity index (χ1v) is 8.23. The summed E-state index contributed by atoms with van der Waals surface area (Å²) in [5.41, 5.74) is 0. The molecule has 1 aromatic carbocycles. The van der Waals surface area contributed by atoms with Gasteiger partial charge < -0.3 is 18.8 Å². The Hall–Kier alpha value is -0.380. The van der Waals surface area contributed by atoms with Crippen LogP contribution in [0.4, 0.5) is 0 Å². The van der Waals surface area contributed by atoms with E-state index >= 15 is 0 Å². The van der Waals surface area contributed by atoms with Crippen molar-refractivity contribution in [3.05, 3.63) is 30.3 Å². The van der Waals surface area contributed by atoms with Crippen molar-refractivity contribution in [2.24, 2.45) is 0 Å². The lowest BCUT2D eigenvalue weighted by atomic mass is 10.4. The molecular weight excluding hydrogens is 275 g/mol. The average Bonchev–Trinajstić information content (AvgIpc) is 3.26. The standard InChI is InChI=1S/C6H6ClOP.C6H10O3/c7-9(8)6-4-2-1-3-5-6;1(5-3-8-5)7-2-6-4-9-6/h1-5,9H;5-6H,1-4H2. The fraction of sp³-hybridized carbons (Fsp3) is 0.500. The molecule has 3 atom stereocenters. The summed E-state index contributed by atoms with van der Waals surface area (Å²) >= 11 is 5.35. The quantitative estimate of drug-likeness (QED) is 0.613. The van der Waals surface area contributed by atoms with E-state index in [2.05, 4.69) is 0 Å². The Kier molecular flexibility index (Phi) is 5.67. The van der Waals surface area contributed by atoms with Gasteiger partial charge in [0, 0.05) is 5.30 Å². The van der Waals surface area contributed by atoms with Crippen molar-refractivity contribution < 1.29 is 18.8 Å². The summed E-state index contributed by atoms with van der Waals surface area (Å²) in [6, 6.07) is 9.02. The third-order valence-electron chi connectivity index (χ3n) is 2.41. The number of halogens is 1. The van der Waals surface area contributed by atoms with E-state index in [-0.39, 0.29) is 0 Å². The van der Waals surface area contributed by atoms with Gasteiger partial charge in [-0.25, -0.2) is 0 Å². The van der Waals surface area contributed by atoms with Crippen LogP contribution in [0.15, 0.2) is 30.3 Å². The van der Waals surface area contributed by atoms with Crippen molar-refractivity contribution >= 4 is 23.7 Å². The predicted octanol–water partition coefficient (Wildman–Crippen LogP) is 1.83. The van der Waals surface area contributed by atoms with Gasteiger partial charge in [-0.05, 0) is 0 Å². The molecule has 4 nitrogen and oxygen atoms in total. The molecule has 1 aromatic rings. The molecule has 0 aromatic heterocycles. The van der Waals surface area contributed by atoms with E-state index in [1.165, 1.54) is 0 Å². The molecule has 0 radical (unpaired) electrons. The molecule has 0 bridgehead atoms. The Morgan fingerprint density at radius 2 is 1.67 bits per heavy atom. The third-order valence-corrected chi connectivity index (χ3v) is 3.85. The molecule has 0 saturated carbocycles. The Balaban J connectivity index is 0.000000134. The molecule has 2 aliphatic heterocycles. The Labute approximate surface area is 112 Å². The predicted molar refractivity (Wildman–Crippen MR) is 71.2 cm³/mol. The molecule has 100 valence electrons. The van der Waals surface area contributed by atoms with Crippen molar-refractivity contribution in [1.29, 1.82) is 0 Å². The molecule has 2 aliphatic rings. The van der Waals surface area contributed by atoms with Crippen LogP contribution in [0.2, 0.25) is 0 Å². The fourth-order valence-electron chi connectivity index (χ4n) is 1.23.